The van der Waals surface area contributed by atoms with Crippen LogP contribution in [0.15, 0.2) is 18.2 Å². The van der Waals surface area contributed by atoms with Gasteiger partial charge in [0, 0.05) is 13.5 Å². The molecule has 6 heteroatoms. The van der Waals surface area contributed by atoms with Crippen LogP contribution in [-0.4, -0.2) is 43.0 Å². The predicted octanol–water partition coefficient (Wildman–Crippen LogP) is -0.0867. The van der Waals surface area contributed by atoms with Crippen LogP contribution < -0.4 is 17.3 Å². The first-order valence-corrected chi connectivity index (χ1v) is 7.59. The maximum absolute atomic E-state index is 11.8. The van der Waals surface area contributed by atoms with E-state index in [1.807, 2.05) is 20.2 Å². The molecule has 1 amide bonds. The second kappa shape index (κ2) is 7.73. The molecule has 0 aliphatic rings. The monoisotopic (exact) mass is 326 g/mol. The summed E-state index contributed by atoms with van der Waals surface area (Å²) in [5.74, 6) is 0.0551. The van der Waals surface area contributed by atoms with Crippen LogP contribution in [0.4, 0.5) is 5.13 Å². The molecule has 0 fully saturated rings. The fourth-order valence-corrected chi connectivity index (χ4v) is 3.20. The van der Waals surface area contributed by atoms with Gasteiger partial charge in [0.2, 0.25) is 5.91 Å². The van der Waals surface area contributed by atoms with Gasteiger partial charge in [-0.1, -0.05) is 17.4 Å². The first-order chi connectivity index (χ1) is 9.47. The van der Waals surface area contributed by atoms with E-state index < -0.39 is 0 Å². The Labute approximate surface area is 136 Å². The van der Waals surface area contributed by atoms with Crippen LogP contribution in [0.1, 0.15) is 18.9 Å². The summed E-state index contributed by atoms with van der Waals surface area (Å²) >= 11 is 1.59. The smallest absolute Gasteiger partial charge is 0.225 e. The van der Waals surface area contributed by atoms with Gasteiger partial charge in [-0.15, -0.1) is 0 Å². The summed E-state index contributed by atoms with van der Waals surface area (Å²) in [5.41, 5.74) is 2.18. The highest BCUT2D eigenvalue weighted by atomic mass is 35.5. The molecule has 116 valence electrons. The lowest BCUT2D eigenvalue weighted by molar-refractivity contribution is -0.116. The Morgan fingerprint density at radius 1 is 1.29 bits per heavy atom. The number of amides is 1. The number of hydrogen-bond donors (Lipinski definition) is 0. The number of thiazole rings is 1. The predicted molar refractivity (Wildman–Crippen MR) is 85.6 cm³/mol. The van der Waals surface area contributed by atoms with Gasteiger partial charge in [0.05, 0.1) is 10.2 Å². The Kier molecular flexibility index (Phi) is 6.58. The van der Waals surface area contributed by atoms with Gasteiger partial charge in [-0.2, -0.15) is 0 Å². The van der Waals surface area contributed by atoms with E-state index >= 15 is 0 Å². The zero-order valence-electron chi connectivity index (χ0n) is 12.9. The summed E-state index contributed by atoms with van der Waals surface area (Å²) in [7, 11) is 4.08. The lowest BCUT2D eigenvalue weighted by Crippen LogP contribution is -3.00. The molecule has 0 saturated heterocycles. The molecule has 4 nitrogen and oxygen atoms in total. The van der Waals surface area contributed by atoms with E-state index in [1.165, 1.54) is 5.56 Å². The van der Waals surface area contributed by atoms with Crippen molar-refractivity contribution in [3.8, 4) is 0 Å². The third kappa shape index (κ3) is 4.66. The molecule has 2 rings (SSSR count). The van der Waals surface area contributed by atoms with Gasteiger partial charge in [-0.05, 0) is 51.7 Å². The third-order valence-corrected chi connectivity index (χ3v) is 4.17. The number of aryl methyl sites for hydroxylation is 1. The average molecular weight is 327 g/mol. The van der Waals surface area contributed by atoms with Crippen LogP contribution in [0.25, 0.3) is 10.2 Å². The molecule has 1 aromatic heterocycles. The second-order valence-electron chi connectivity index (χ2n) is 5.30. The SMILES string of the molecule is CC(=O)N(CCCN(C)C)c1nc2ccc(C)cc2s1.[Cl-]. The molecule has 2 aromatic rings. The summed E-state index contributed by atoms with van der Waals surface area (Å²) in [6.07, 6.45) is 0.946. The van der Waals surface area contributed by atoms with Gasteiger partial charge < -0.3 is 17.3 Å². The zero-order chi connectivity index (χ0) is 14.7. The van der Waals surface area contributed by atoms with Crippen LogP contribution in [0.5, 0.6) is 0 Å². The average Bonchev–Trinajstić information content (AvgIpc) is 2.76. The Hall–Kier alpha value is -1.17. The molecule has 1 heterocycles. The van der Waals surface area contributed by atoms with Crippen LogP contribution in [0.2, 0.25) is 0 Å². The summed E-state index contributed by atoms with van der Waals surface area (Å²) in [4.78, 5) is 20.3. The number of rotatable bonds is 5. The van der Waals surface area contributed by atoms with Crippen molar-refractivity contribution in [2.75, 3.05) is 32.1 Å². The maximum atomic E-state index is 11.8. The zero-order valence-corrected chi connectivity index (χ0v) is 14.5. The van der Waals surface area contributed by atoms with Crippen LogP contribution in [0, 0.1) is 6.92 Å². The van der Waals surface area contributed by atoms with E-state index in [-0.39, 0.29) is 18.3 Å². The van der Waals surface area contributed by atoms with Gasteiger partial charge in [-0.3, -0.25) is 9.69 Å². The second-order valence-corrected chi connectivity index (χ2v) is 6.30. The number of halogens is 1. The molecule has 0 aliphatic carbocycles. The summed E-state index contributed by atoms with van der Waals surface area (Å²) in [6, 6.07) is 6.19. The number of carbonyl (C=O) groups excluding carboxylic acids is 1. The van der Waals surface area contributed by atoms with Crippen molar-refractivity contribution in [3.63, 3.8) is 0 Å². The molecule has 0 aliphatic heterocycles. The van der Waals surface area contributed by atoms with Crippen molar-refractivity contribution in [3.05, 3.63) is 23.8 Å². The topological polar surface area (TPSA) is 36.4 Å². The van der Waals surface area contributed by atoms with E-state index in [9.17, 15) is 4.79 Å². The Morgan fingerprint density at radius 2 is 2.00 bits per heavy atom. The van der Waals surface area contributed by atoms with Gasteiger partial charge >= 0.3 is 0 Å². The number of anilines is 1. The molecule has 0 unspecified atom stereocenters. The normalized spacial score (nSPS) is 10.7. The highest BCUT2D eigenvalue weighted by molar-refractivity contribution is 7.22. The van der Waals surface area contributed by atoms with Crippen molar-refractivity contribution >= 4 is 32.6 Å². The number of hydrogen-bond acceptors (Lipinski definition) is 4. The number of nitrogens with zero attached hydrogens (tertiary/aromatic N) is 3. The minimum Gasteiger partial charge on any atom is -1.00 e. The first-order valence-electron chi connectivity index (χ1n) is 6.77. The maximum Gasteiger partial charge on any atom is 0.225 e. The fourth-order valence-electron chi connectivity index (χ4n) is 2.07. The first kappa shape index (κ1) is 17.9. The van der Waals surface area contributed by atoms with Gasteiger partial charge in [0.25, 0.3) is 0 Å². The number of aromatic nitrogens is 1. The molecule has 1 aromatic carbocycles. The van der Waals surface area contributed by atoms with Crippen molar-refractivity contribution < 1.29 is 17.2 Å². The van der Waals surface area contributed by atoms with Gasteiger partial charge in [0.15, 0.2) is 5.13 Å². The molecule has 0 bridgehead atoms. The van der Waals surface area contributed by atoms with Crippen LogP contribution >= 0.6 is 11.3 Å². The molecule has 0 atom stereocenters. The molecule has 0 N–H and O–H groups in total. The lowest BCUT2D eigenvalue weighted by Gasteiger charge is -2.19. The summed E-state index contributed by atoms with van der Waals surface area (Å²) in [5, 5.41) is 0.803. The van der Waals surface area contributed by atoms with E-state index in [0.717, 1.165) is 28.3 Å². The number of benzene rings is 1. The molecule has 0 spiro atoms. The van der Waals surface area contributed by atoms with Crippen LogP contribution in [0.3, 0.4) is 0 Å². The highest BCUT2D eigenvalue weighted by Crippen LogP contribution is 2.29. The Balaban J connectivity index is 0.00000220. The van der Waals surface area contributed by atoms with E-state index in [0.29, 0.717) is 6.54 Å². The highest BCUT2D eigenvalue weighted by Gasteiger charge is 2.16. The van der Waals surface area contributed by atoms with Crippen molar-refractivity contribution in [2.24, 2.45) is 0 Å². The van der Waals surface area contributed by atoms with Crippen LogP contribution in [-0.2, 0) is 4.79 Å². The standard InChI is InChI=1S/C15H21N3OS.ClH/c1-11-6-7-13-14(10-11)20-15(16-13)18(12(2)19)9-5-8-17(3)4;/h6-7,10H,5,8-9H2,1-4H3;1H/p-1. The lowest BCUT2D eigenvalue weighted by atomic mass is 10.2. The Bertz CT molecular complexity index is 612. The molecule has 21 heavy (non-hydrogen) atoms. The quantitative estimate of drug-likeness (QED) is 0.771. The molecular weight excluding hydrogens is 306 g/mol. The summed E-state index contributed by atoms with van der Waals surface area (Å²) < 4.78 is 1.14. The third-order valence-electron chi connectivity index (χ3n) is 3.13. The van der Waals surface area contributed by atoms with E-state index in [4.69, 9.17) is 0 Å². The van der Waals surface area contributed by atoms with Crippen molar-refractivity contribution in [2.45, 2.75) is 20.3 Å². The Morgan fingerprint density at radius 3 is 2.62 bits per heavy atom. The van der Waals surface area contributed by atoms with Gasteiger partial charge in [-0.25, -0.2) is 4.98 Å². The summed E-state index contributed by atoms with van der Waals surface area (Å²) in [6.45, 7) is 5.35. The van der Waals surface area contributed by atoms with Gasteiger partial charge in [0.1, 0.15) is 0 Å². The minimum atomic E-state index is 0. The minimum absolute atomic E-state index is 0. The number of fused-ring (bicyclic) bond motifs is 1. The number of carbonyl (C=O) groups is 1. The van der Waals surface area contributed by atoms with E-state index in [2.05, 4.69) is 28.9 Å². The molecule has 0 saturated carbocycles. The van der Waals surface area contributed by atoms with Crippen molar-refractivity contribution in [1.82, 2.24) is 9.88 Å². The van der Waals surface area contributed by atoms with Crippen molar-refractivity contribution in [1.29, 1.82) is 0 Å². The van der Waals surface area contributed by atoms with E-state index in [1.54, 1.807) is 23.2 Å². The fraction of sp³-hybridized carbons (Fsp3) is 0.467. The molecule has 0 radical (unpaired) electrons. The largest absolute Gasteiger partial charge is 1.00 e. The molecular formula is C15H21ClN3OS-.